The maximum absolute atomic E-state index is 5.57. The van der Waals surface area contributed by atoms with E-state index >= 15 is 0 Å². The number of hydrogen-bond donors (Lipinski definition) is 0. The molecule has 0 aliphatic carbocycles. The van der Waals surface area contributed by atoms with Crippen molar-refractivity contribution >= 4 is 27.7 Å². The van der Waals surface area contributed by atoms with Gasteiger partial charge >= 0.3 is 0 Å². The molecule has 60 valence electrons. The van der Waals surface area contributed by atoms with Gasteiger partial charge in [0, 0.05) is 5.33 Å². The molecular formula is C7H13BrOS. The Kier molecular flexibility index (Phi) is 4.83. The van der Waals surface area contributed by atoms with Crippen LogP contribution in [0, 0.1) is 0 Å². The van der Waals surface area contributed by atoms with Crippen molar-refractivity contribution in [3.63, 3.8) is 0 Å². The van der Waals surface area contributed by atoms with E-state index in [0.29, 0.717) is 6.10 Å². The van der Waals surface area contributed by atoms with E-state index in [4.69, 9.17) is 4.74 Å². The highest BCUT2D eigenvalue weighted by atomic mass is 79.9. The Hall–Kier alpha value is 0.790. The van der Waals surface area contributed by atoms with E-state index in [1.807, 2.05) is 11.8 Å². The molecular weight excluding hydrogens is 212 g/mol. The summed E-state index contributed by atoms with van der Waals surface area (Å²) in [6, 6.07) is 0. The molecule has 1 fully saturated rings. The third-order valence-electron chi connectivity index (χ3n) is 1.60. The summed E-state index contributed by atoms with van der Waals surface area (Å²) in [7, 11) is 0. The van der Waals surface area contributed by atoms with Gasteiger partial charge in [-0.25, -0.2) is 0 Å². The lowest BCUT2D eigenvalue weighted by Gasteiger charge is -2.21. The second-order valence-corrected chi connectivity index (χ2v) is 4.39. The van der Waals surface area contributed by atoms with Gasteiger partial charge in [0.05, 0.1) is 12.7 Å². The summed E-state index contributed by atoms with van der Waals surface area (Å²) < 4.78 is 5.57. The Balaban J connectivity index is 2.02. The van der Waals surface area contributed by atoms with Gasteiger partial charge < -0.3 is 4.74 Å². The molecule has 0 saturated carbocycles. The molecule has 0 N–H and O–H groups in total. The molecule has 1 saturated heterocycles. The highest BCUT2D eigenvalue weighted by Crippen LogP contribution is 2.19. The van der Waals surface area contributed by atoms with Crippen LogP contribution in [0.2, 0.25) is 0 Å². The summed E-state index contributed by atoms with van der Waals surface area (Å²) in [5, 5.41) is 0.969. The van der Waals surface area contributed by atoms with E-state index in [1.54, 1.807) is 0 Å². The van der Waals surface area contributed by atoms with Crippen LogP contribution in [0.4, 0.5) is 0 Å². The summed E-state index contributed by atoms with van der Waals surface area (Å²) in [5.41, 5.74) is 0. The Morgan fingerprint density at radius 2 is 2.10 bits per heavy atom. The lowest BCUT2D eigenvalue weighted by Crippen LogP contribution is -2.19. The standard InChI is InChI=1S/C7H13BrOS/c8-3-4-9-7-1-5-10-6-2-7/h7H,1-6H2. The first kappa shape index (κ1) is 8.88. The topological polar surface area (TPSA) is 9.23 Å². The minimum atomic E-state index is 0.554. The van der Waals surface area contributed by atoms with Crippen molar-refractivity contribution < 1.29 is 4.74 Å². The molecule has 1 nitrogen and oxygen atoms in total. The van der Waals surface area contributed by atoms with Gasteiger partial charge in [0.2, 0.25) is 0 Å². The van der Waals surface area contributed by atoms with Gasteiger partial charge in [-0.1, -0.05) is 15.9 Å². The molecule has 1 aliphatic rings. The number of rotatable bonds is 3. The number of hydrogen-bond acceptors (Lipinski definition) is 2. The van der Waals surface area contributed by atoms with Crippen LogP contribution in [0.1, 0.15) is 12.8 Å². The lowest BCUT2D eigenvalue weighted by molar-refractivity contribution is 0.0599. The molecule has 10 heavy (non-hydrogen) atoms. The number of alkyl halides is 1. The van der Waals surface area contributed by atoms with Crippen LogP contribution in [-0.2, 0) is 4.74 Å². The van der Waals surface area contributed by atoms with Crippen molar-refractivity contribution in [1.82, 2.24) is 0 Å². The zero-order valence-corrected chi connectivity index (χ0v) is 8.42. The summed E-state index contributed by atoms with van der Waals surface area (Å²) in [6.45, 7) is 0.870. The minimum absolute atomic E-state index is 0.554. The quantitative estimate of drug-likeness (QED) is 0.681. The second kappa shape index (κ2) is 5.44. The normalized spacial score (nSPS) is 21.3. The van der Waals surface area contributed by atoms with Crippen molar-refractivity contribution in [1.29, 1.82) is 0 Å². The minimum Gasteiger partial charge on any atom is -0.377 e. The van der Waals surface area contributed by atoms with Crippen LogP contribution >= 0.6 is 27.7 Å². The van der Waals surface area contributed by atoms with Crippen LogP contribution in [0.15, 0.2) is 0 Å². The predicted octanol–water partition coefficient (Wildman–Crippen LogP) is 2.29. The Bertz CT molecular complexity index is 83.7. The van der Waals surface area contributed by atoms with Crippen LogP contribution in [0.3, 0.4) is 0 Å². The smallest absolute Gasteiger partial charge is 0.0591 e. The molecule has 0 aromatic carbocycles. The molecule has 0 bridgehead atoms. The molecule has 1 heterocycles. The monoisotopic (exact) mass is 224 g/mol. The fraction of sp³-hybridized carbons (Fsp3) is 1.00. The third kappa shape index (κ3) is 3.26. The molecule has 1 rings (SSSR count). The second-order valence-electron chi connectivity index (χ2n) is 2.37. The van der Waals surface area contributed by atoms with Gasteiger partial charge in [-0.05, 0) is 24.3 Å². The van der Waals surface area contributed by atoms with Crippen LogP contribution in [-0.4, -0.2) is 29.5 Å². The SMILES string of the molecule is BrCCOC1CCSCC1. The molecule has 3 heteroatoms. The first-order valence-corrected chi connectivity index (χ1v) is 5.96. The summed E-state index contributed by atoms with van der Waals surface area (Å²) >= 11 is 5.39. The number of thioether (sulfide) groups is 1. The maximum Gasteiger partial charge on any atom is 0.0591 e. The maximum atomic E-state index is 5.57. The number of ether oxygens (including phenoxy) is 1. The van der Waals surface area contributed by atoms with Crippen LogP contribution in [0.25, 0.3) is 0 Å². The summed E-state index contributed by atoms with van der Waals surface area (Å²) in [5.74, 6) is 2.57. The van der Waals surface area contributed by atoms with E-state index < -0.39 is 0 Å². The van der Waals surface area contributed by atoms with Crippen molar-refractivity contribution in [3.8, 4) is 0 Å². The highest BCUT2D eigenvalue weighted by molar-refractivity contribution is 9.09. The molecule has 0 unspecified atom stereocenters. The van der Waals surface area contributed by atoms with Crippen molar-refractivity contribution in [3.05, 3.63) is 0 Å². The highest BCUT2D eigenvalue weighted by Gasteiger charge is 2.12. The Morgan fingerprint density at radius 3 is 2.70 bits per heavy atom. The Labute approximate surface area is 75.0 Å². The van der Waals surface area contributed by atoms with E-state index in [2.05, 4.69) is 15.9 Å². The van der Waals surface area contributed by atoms with Gasteiger partial charge in [-0.3, -0.25) is 0 Å². The third-order valence-corrected chi connectivity index (χ3v) is 2.97. The van der Waals surface area contributed by atoms with Gasteiger partial charge in [0.25, 0.3) is 0 Å². The molecule has 0 aromatic rings. The van der Waals surface area contributed by atoms with Gasteiger partial charge in [-0.15, -0.1) is 0 Å². The summed E-state index contributed by atoms with van der Waals surface area (Å²) in [4.78, 5) is 0. The van der Waals surface area contributed by atoms with Gasteiger partial charge in [0.15, 0.2) is 0 Å². The zero-order valence-electron chi connectivity index (χ0n) is 6.01. The van der Waals surface area contributed by atoms with E-state index in [-0.39, 0.29) is 0 Å². The number of halogens is 1. The van der Waals surface area contributed by atoms with Crippen molar-refractivity contribution in [2.75, 3.05) is 23.4 Å². The van der Waals surface area contributed by atoms with E-state index in [1.165, 1.54) is 24.3 Å². The fourth-order valence-corrected chi connectivity index (χ4v) is 2.30. The molecule has 0 atom stereocenters. The summed E-state index contributed by atoms with van der Waals surface area (Å²) in [6.07, 6.45) is 3.05. The average Bonchev–Trinajstić information content (AvgIpc) is 2.03. The average molecular weight is 225 g/mol. The molecule has 0 aromatic heterocycles. The van der Waals surface area contributed by atoms with Crippen molar-refractivity contribution in [2.45, 2.75) is 18.9 Å². The lowest BCUT2D eigenvalue weighted by atomic mass is 10.2. The van der Waals surface area contributed by atoms with E-state index in [0.717, 1.165) is 11.9 Å². The predicted molar refractivity (Wildman–Crippen MR) is 50.1 cm³/mol. The largest absolute Gasteiger partial charge is 0.377 e. The molecule has 0 radical (unpaired) electrons. The zero-order chi connectivity index (χ0) is 7.23. The van der Waals surface area contributed by atoms with Crippen LogP contribution < -0.4 is 0 Å². The molecule has 0 spiro atoms. The van der Waals surface area contributed by atoms with E-state index in [9.17, 15) is 0 Å². The first-order valence-electron chi connectivity index (χ1n) is 3.69. The molecule has 0 amide bonds. The Morgan fingerprint density at radius 1 is 1.40 bits per heavy atom. The van der Waals surface area contributed by atoms with Crippen molar-refractivity contribution in [2.24, 2.45) is 0 Å². The molecule has 1 aliphatic heterocycles. The van der Waals surface area contributed by atoms with Crippen LogP contribution in [0.5, 0.6) is 0 Å². The first-order chi connectivity index (χ1) is 4.93. The van der Waals surface area contributed by atoms with Gasteiger partial charge in [-0.2, -0.15) is 11.8 Å². The fourth-order valence-electron chi connectivity index (χ4n) is 1.05. The van der Waals surface area contributed by atoms with Gasteiger partial charge in [0.1, 0.15) is 0 Å².